The first kappa shape index (κ1) is 17.9. The van der Waals surface area contributed by atoms with Gasteiger partial charge in [-0.2, -0.15) is 5.26 Å². The van der Waals surface area contributed by atoms with Crippen molar-refractivity contribution in [1.82, 2.24) is 4.90 Å². The number of rotatable bonds is 5. The van der Waals surface area contributed by atoms with Crippen molar-refractivity contribution in [3.05, 3.63) is 35.9 Å². The van der Waals surface area contributed by atoms with Gasteiger partial charge in [-0.25, -0.2) is 0 Å². The zero-order chi connectivity index (χ0) is 17.8. The number of benzene rings is 1. The lowest BCUT2D eigenvalue weighted by Gasteiger charge is -2.50. The van der Waals surface area contributed by atoms with E-state index in [-0.39, 0.29) is 13.0 Å². The van der Waals surface area contributed by atoms with Crippen LogP contribution in [0.25, 0.3) is 0 Å². The monoisotopic (exact) mass is 344 g/mol. The summed E-state index contributed by atoms with van der Waals surface area (Å²) in [5, 5.41) is 9.43. The molecule has 25 heavy (non-hydrogen) atoms. The topological polar surface area (TPSA) is 71.8 Å². The molecule has 1 aromatic rings. The minimum absolute atomic E-state index is 0.0110. The Morgan fingerprint density at radius 2 is 2.04 bits per heavy atom. The lowest BCUT2D eigenvalue weighted by molar-refractivity contribution is -0.266. The molecular weight excluding hydrogens is 320 g/mol. The van der Waals surface area contributed by atoms with E-state index in [1.54, 1.807) is 6.92 Å². The molecule has 2 aliphatic heterocycles. The van der Waals surface area contributed by atoms with Crippen molar-refractivity contribution in [1.29, 1.82) is 5.26 Å². The van der Waals surface area contributed by atoms with Gasteiger partial charge < -0.3 is 14.2 Å². The summed E-state index contributed by atoms with van der Waals surface area (Å²) in [7, 11) is 0. The van der Waals surface area contributed by atoms with E-state index in [0.717, 1.165) is 6.54 Å². The van der Waals surface area contributed by atoms with Crippen molar-refractivity contribution >= 4 is 5.97 Å². The second-order valence-electron chi connectivity index (χ2n) is 6.53. The van der Waals surface area contributed by atoms with Crippen LogP contribution in [0.3, 0.4) is 0 Å². The smallest absolute Gasteiger partial charge is 0.319 e. The number of nitriles is 1. The van der Waals surface area contributed by atoms with E-state index in [9.17, 15) is 10.1 Å². The van der Waals surface area contributed by atoms with Gasteiger partial charge in [0.1, 0.15) is 5.41 Å². The number of piperidine rings is 1. The van der Waals surface area contributed by atoms with Crippen LogP contribution in [0.1, 0.15) is 25.3 Å². The summed E-state index contributed by atoms with van der Waals surface area (Å²) in [6, 6.07) is 12.3. The lowest BCUT2D eigenvalue weighted by Crippen LogP contribution is -2.64. The van der Waals surface area contributed by atoms with E-state index in [2.05, 4.69) is 23.1 Å². The number of hydrogen-bond donors (Lipinski definition) is 0. The maximum Gasteiger partial charge on any atom is 0.319 e. The lowest BCUT2D eigenvalue weighted by atomic mass is 9.71. The molecule has 0 bridgehead atoms. The van der Waals surface area contributed by atoms with Gasteiger partial charge in [-0.05, 0) is 12.5 Å². The minimum atomic E-state index is -1.12. The van der Waals surface area contributed by atoms with Gasteiger partial charge in [-0.15, -0.1) is 0 Å². The largest absolute Gasteiger partial charge is 0.465 e. The van der Waals surface area contributed by atoms with Gasteiger partial charge in [0.2, 0.25) is 0 Å². The van der Waals surface area contributed by atoms with Crippen LogP contribution in [-0.2, 0) is 25.5 Å². The van der Waals surface area contributed by atoms with Gasteiger partial charge in [0.05, 0.1) is 32.3 Å². The van der Waals surface area contributed by atoms with Gasteiger partial charge in [-0.1, -0.05) is 30.3 Å². The fourth-order valence-corrected chi connectivity index (χ4v) is 3.86. The van der Waals surface area contributed by atoms with Crippen molar-refractivity contribution in [3.8, 4) is 6.07 Å². The van der Waals surface area contributed by atoms with E-state index in [0.29, 0.717) is 32.7 Å². The van der Waals surface area contributed by atoms with Crippen molar-refractivity contribution in [3.63, 3.8) is 0 Å². The molecule has 1 aromatic carbocycles. The Labute approximate surface area is 148 Å². The van der Waals surface area contributed by atoms with Crippen LogP contribution in [0.4, 0.5) is 0 Å². The highest BCUT2D eigenvalue weighted by molar-refractivity contribution is 5.79. The molecule has 0 saturated carbocycles. The van der Waals surface area contributed by atoms with Crippen LogP contribution in [0.2, 0.25) is 0 Å². The standard InChI is InChI=1S/C19H24N2O4/c1-2-23-17(22)18(8-10-20)15-21(14-16-6-4-3-5-7-16)11-9-19(18)24-12-13-25-19/h3-7H,2,8-9,11-15H2,1H3/t18-/m1/s1. The quantitative estimate of drug-likeness (QED) is 0.762. The second kappa shape index (κ2) is 7.52. The molecule has 1 atom stereocenters. The predicted octanol–water partition coefficient (Wildman–Crippen LogP) is 2.10. The average molecular weight is 344 g/mol. The number of likely N-dealkylation sites (tertiary alicyclic amines) is 1. The van der Waals surface area contributed by atoms with E-state index >= 15 is 0 Å². The fourth-order valence-electron chi connectivity index (χ4n) is 3.86. The van der Waals surface area contributed by atoms with Gasteiger partial charge in [0.15, 0.2) is 5.79 Å². The van der Waals surface area contributed by atoms with Gasteiger partial charge in [0, 0.05) is 26.1 Å². The number of nitrogens with zero attached hydrogens (tertiary/aromatic N) is 2. The number of ether oxygens (including phenoxy) is 3. The normalized spacial score (nSPS) is 25.6. The van der Waals surface area contributed by atoms with Crippen LogP contribution in [-0.4, -0.2) is 49.6 Å². The second-order valence-corrected chi connectivity index (χ2v) is 6.53. The van der Waals surface area contributed by atoms with Crippen molar-refractivity contribution < 1.29 is 19.0 Å². The summed E-state index contributed by atoms with van der Waals surface area (Å²) in [6.07, 6.45) is 0.553. The Balaban J connectivity index is 1.89. The number of carbonyl (C=O) groups excluding carboxylic acids is 1. The highest BCUT2D eigenvalue weighted by Gasteiger charge is 2.64. The van der Waals surface area contributed by atoms with Crippen LogP contribution in [0.5, 0.6) is 0 Å². The highest BCUT2D eigenvalue weighted by atomic mass is 16.7. The van der Waals surface area contributed by atoms with E-state index in [1.165, 1.54) is 5.56 Å². The Kier molecular flexibility index (Phi) is 5.38. The summed E-state index contributed by atoms with van der Waals surface area (Å²) in [5.41, 5.74) is 0.0443. The van der Waals surface area contributed by atoms with Crippen molar-refractivity contribution in [2.24, 2.45) is 5.41 Å². The third-order valence-electron chi connectivity index (χ3n) is 5.03. The molecule has 0 aliphatic carbocycles. The van der Waals surface area contributed by atoms with Crippen LogP contribution in [0, 0.1) is 16.7 Å². The molecule has 2 heterocycles. The van der Waals surface area contributed by atoms with E-state index < -0.39 is 17.2 Å². The molecular formula is C19H24N2O4. The molecule has 0 radical (unpaired) electrons. The zero-order valence-electron chi connectivity index (χ0n) is 14.6. The first-order valence-electron chi connectivity index (χ1n) is 8.74. The van der Waals surface area contributed by atoms with Crippen LogP contribution in [0.15, 0.2) is 30.3 Å². The Morgan fingerprint density at radius 3 is 2.68 bits per heavy atom. The van der Waals surface area contributed by atoms with E-state index in [1.807, 2.05) is 18.2 Å². The van der Waals surface area contributed by atoms with E-state index in [4.69, 9.17) is 14.2 Å². The van der Waals surface area contributed by atoms with Gasteiger partial charge >= 0.3 is 5.97 Å². The molecule has 0 aromatic heterocycles. The van der Waals surface area contributed by atoms with Crippen molar-refractivity contribution in [2.45, 2.75) is 32.1 Å². The maximum absolute atomic E-state index is 12.9. The molecule has 134 valence electrons. The minimum Gasteiger partial charge on any atom is -0.465 e. The van der Waals surface area contributed by atoms with Crippen molar-refractivity contribution in [2.75, 3.05) is 32.9 Å². The fraction of sp³-hybridized carbons (Fsp3) is 0.579. The Bertz CT molecular complexity index is 637. The first-order valence-corrected chi connectivity index (χ1v) is 8.74. The molecule has 2 aliphatic rings. The molecule has 2 saturated heterocycles. The first-order chi connectivity index (χ1) is 12.2. The molecule has 1 spiro atoms. The van der Waals surface area contributed by atoms with Gasteiger partial charge in [-0.3, -0.25) is 9.69 Å². The third-order valence-corrected chi connectivity index (χ3v) is 5.03. The zero-order valence-corrected chi connectivity index (χ0v) is 14.6. The third kappa shape index (κ3) is 3.28. The predicted molar refractivity (Wildman–Crippen MR) is 90.3 cm³/mol. The summed E-state index contributed by atoms with van der Waals surface area (Å²) >= 11 is 0. The highest BCUT2D eigenvalue weighted by Crippen LogP contribution is 2.48. The summed E-state index contributed by atoms with van der Waals surface area (Å²) < 4.78 is 17.2. The summed E-state index contributed by atoms with van der Waals surface area (Å²) in [5.74, 6) is -1.46. The number of hydrogen-bond acceptors (Lipinski definition) is 6. The molecule has 3 rings (SSSR count). The maximum atomic E-state index is 12.9. The molecule has 0 unspecified atom stereocenters. The van der Waals surface area contributed by atoms with Crippen LogP contribution < -0.4 is 0 Å². The SMILES string of the molecule is CCOC(=O)[C@@]1(CC#N)CN(Cc2ccccc2)CCC12OCCO2. The Morgan fingerprint density at radius 1 is 1.32 bits per heavy atom. The molecule has 6 nitrogen and oxygen atoms in total. The summed E-state index contributed by atoms with van der Waals surface area (Å²) in [4.78, 5) is 15.1. The molecule has 0 amide bonds. The molecule has 0 N–H and O–H groups in total. The average Bonchev–Trinajstić information content (AvgIpc) is 3.09. The molecule has 6 heteroatoms. The summed E-state index contributed by atoms with van der Waals surface area (Å²) in [6.45, 7) is 4.74. The molecule has 2 fully saturated rings. The van der Waals surface area contributed by atoms with Crippen LogP contribution >= 0.6 is 0 Å². The number of esters is 1. The van der Waals surface area contributed by atoms with Gasteiger partial charge in [0.25, 0.3) is 0 Å². The Hall–Kier alpha value is -1.94. The number of carbonyl (C=O) groups is 1.